The molecule has 2 aliphatic heterocycles. The summed E-state index contributed by atoms with van der Waals surface area (Å²) in [5.41, 5.74) is 0. The Bertz CT molecular complexity index is 605. The summed E-state index contributed by atoms with van der Waals surface area (Å²) in [6, 6.07) is 0. The smallest absolute Gasteiger partial charge is 0.409 e. The minimum Gasteiger partial charge on any atom is -0.450 e. The van der Waals surface area contributed by atoms with E-state index in [4.69, 9.17) is 4.74 Å². The number of hydrogen-bond donors (Lipinski definition) is 1. The number of aryl methyl sites for hydroxylation is 1. The minimum atomic E-state index is -0.237. The molecule has 0 aromatic carbocycles. The number of hydrogen-bond acceptors (Lipinski definition) is 5. The molecule has 0 aliphatic carbocycles. The van der Waals surface area contributed by atoms with Gasteiger partial charge in [-0.15, -0.1) is 10.2 Å². The second kappa shape index (κ2) is 7.50. The summed E-state index contributed by atoms with van der Waals surface area (Å²) in [5.74, 6) is 2.85. The zero-order valence-electron chi connectivity index (χ0n) is 14.4. The van der Waals surface area contributed by atoms with Crippen LogP contribution in [0.4, 0.5) is 4.79 Å². The van der Waals surface area contributed by atoms with Crippen molar-refractivity contribution in [2.24, 2.45) is 4.99 Å². The average molecular weight is 335 g/mol. The molecular weight excluding hydrogens is 310 g/mol. The van der Waals surface area contributed by atoms with Crippen LogP contribution in [0.15, 0.2) is 4.99 Å². The van der Waals surface area contributed by atoms with Gasteiger partial charge in [-0.1, -0.05) is 0 Å². The number of guanidine groups is 1. The molecule has 0 radical (unpaired) electrons. The van der Waals surface area contributed by atoms with Crippen molar-refractivity contribution < 1.29 is 9.53 Å². The molecular formula is C15H25N7O2. The summed E-state index contributed by atoms with van der Waals surface area (Å²) in [6.07, 6.45) is 1.92. The SMILES string of the molecule is CCOC(=O)N1CCN(C(=NC)NCc2nnc3n2CCC3)CC1. The summed E-state index contributed by atoms with van der Waals surface area (Å²) < 4.78 is 7.23. The van der Waals surface area contributed by atoms with E-state index in [0.29, 0.717) is 26.2 Å². The topological polar surface area (TPSA) is 87.9 Å². The number of piperazine rings is 1. The number of aliphatic imine (C=N–C) groups is 1. The Labute approximate surface area is 141 Å². The Hall–Kier alpha value is -2.32. The van der Waals surface area contributed by atoms with Crippen LogP contribution in [-0.2, 0) is 24.2 Å². The molecule has 0 atom stereocenters. The zero-order chi connectivity index (χ0) is 16.9. The highest BCUT2D eigenvalue weighted by molar-refractivity contribution is 5.80. The van der Waals surface area contributed by atoms with Crippen LogP contribution in [-0.4, -0.2) is 76.5 Å². The fraction of sp³-hybridized carbons (Fsp3) is 0.733. The molecule has 1 aromatic heterocycles. The van der Waals surface area contributed by atoms with Crippen LogP contribution in [0.3, 0.4) is 0 Å². The third-order valence-corrected chi connectivity index (χ3v) is 4.41. The predicted octanol–water partition coefficient (Wildman–Crippen LogP) is 0.0738. The first-order valence-electron chi connectivity index (χ1n) is 8.51. The molecule has 9 heteroatoms. The van der Waals surface area contributed by atoms with Crippen molar-refractivity contribution in [3.63, 3.8) is 0 Å². The van der Waals surface area contributed by atoms with Gasteiger partial charge in [0, 0.05) is 46.2 Å². The van der Waals surface area contributed by atoms with Gasteiger partial charge in [0.05, 0.1) is 13.2 Å². The number of nitrogens with zero attached hydrogens (tertiary/aromatic N) is 6. The number of ether oxygens (including phenoxy) is 1. The fourth-order valence-corrected chi connectivity index (χ4v) is 3.15. The maximum absolute atomic E-state index is 11.8. The largest absolute Gasteiger partial charge is 0.450 e. The molecule has 0 bridgehead atoms. The van der Waals surface area contributed by atoms with E-state index < -0.39 is 0 Å². The Kier molecular flexibility index (Phi) is 5.17. The average Bonchev–Trinajstić information content (AvgIpc) is 3.20. The summed E-state index contributed by atoms with van der Waals surface area (Å²) in [5, 5.41) is 11.8. The number of rotatable bonds is 3. The van der Waals surface area contributed by atoms with Crippen molar-refractivity contribution >= 4 is 12.1 Å². The van der Waals surface area contributed by atoms with E-state index in [1.807, 2.05) is 6.92 Å². The third kappa shape index (κ3) is 3.44. The first-order valence-corrected chi connectivity index (χ1v) is 8.51. The van der Waals surface area contributed by atoms with Crippen LogP contribution < -0.4 is 5.32 Å². The number of amides is 1. The van der Waals surface area contributed by atoms with Crippen molar-refractivity contribution in [2.45, 2.75) is 32.9 Å². The molecule has 1 amide bonds. The van der Waals surface area contributed by atoms with Crippen molar-refractivity contribution in [1.29, 1.82) is 0 Å². The Morgan fingerprint density at radius 1 is 1.21 bits per heavy atom. The Morgan fingerprint density at radius 2 is 1.96 bits per heavy atom. The third-order valence-electron chi connectivity index (χ3n) is 4.41. The molecule has 1 aromatic rings. The van der Waals surface area contributed by atoms with E-state index >= 15 is 0 Å². The highest BCUT2D eigenvalue weighted by atomic mass is 16.6. The molecule has 0 saturated carbocycles. The normalized spacial score (nSPS) is 17.8. The van der Waals surface area contributed by atoms with Crippen molar-refractivity contribution in [3.8, 4) is 0 Å². The molecule has 3 heterocycles. The molecule has 2 aliphatic rings. The molecule has 132 valence electrons. The van der Waals surface area contributed by atoms with Gasteiger partial charge in [0.1, 0.15) is 5.82 Å². The van der Waals surface area contributed by atoms with Crippen molar-refractivity contribution in [3.05, 3.63) is 11.6 Å². The molecule has 1 saturated heterocycles. The lowest BCUT2D eigenvalue weighted by molar-refractivity contribution is 0.0914. The summed E-state index contributed by atoms with van der Waals surface area (Å²) in [4.78, 5) is 20.0. The summed E-state index contributed by atoms with van der Waals surface area (Å²) in [7, 11) is 1.77. The summed E-state index contributed by atoms with van der Waals surface area (Å²) >= 11 is 0. The van der Waals surface area contributed by atoms with Crippen molar-refractivity contribution in [1.82, 2.24) is 29.9 Å². The lowest BCUT2D eigenvalue weighted by atomic mass is 10.3. The van der Waals surface area contributed by atoms with Gasteiger partial charge >= 0.3 is 6.09 Å². The molecule has 9 nitrogen and oxygen atoms in total. The van der Waals surface area contributed by atoms with Crippen LogP contribution in [0, 0.1) is 0 Å². The number of nitrogens with one attached hydrogen (secondary N) is 1. The van der Waals surface area contributed by atoms with Gasteiger partial charge in [-0.05, 0) is 13.3 Å². The first-order chi connectivity index (χ1) is 11.7. The van der Waals surface area contributed by atoms with Gasteiger partial charge in [-0.3, -0.25) is 4.99 Å². The number of carbonyl (C=O) groups is 1. The van der Waals surface area contributed by atoms with E-state index in [1.54, 1.807) is 11.9 Å². The highest BCUT2D eigenvalue weighted by Crippen LogP contribution is 2.13. The standard InChI is InChI=1S/C15H25N7O2/c1-3-24-15(23)21-9-7-20(8-10-21)14(16-2)17-11-13-19-18-12-5-4-6-22(12)13/h3-11H2,1-2H3,(H,16,17). The van der Waals surface area contributed by atoms with Gasteiger partial charge in [0.15, 0.2) is 11.8 Å². The van der Waals surface area contributed by atoms with Crippen molar-refractivity contribution in [2.75, 3.05) is 39.8 Å². The molecule has 1 fully saturated rings. The van der Waals surface area contributed by atoms with E-state index in [9.17, 15) is 4.79 Å². The van der Waals surface area contributed by atoms with E-state index in [0.717, 1.165) is 50.1 Å². The van der Waals surface area contributed by atoms with Gasteiger partial charge in [-0.25, -0.2) is 4.79 Å². The Morgan fingerprint density at radius 3 is 2.67 bits per heavy atom. The highest BCUT2D eigenvalue weighted by Gasteiger charge is 2.24. The van der Waals surface area contributed by atoms with Crippen LogP contribution in [0.25, 0.3) is 0 Å². The molecule has 1 N–H and O–H groups in total. The van der Waals surface area contributed by atoms with Gasteiger partial charge in [0.2, 0.25) is 0 Å². The van der Waals surface area contributed by atoms with Crippen LogP contribution in [0.2, 0.25) is 0 Å². The lowest BCUT2D eigenvalue weighted by Crippen LogP contribution is -2.53. The predicted molar refractivity (Wildman–Crippen MR) is 88.7 cm³/mol. The first kappa shape index (κ1) is 16.5. The quantitative estimate of drug-likeness (QED) is 0.621. The van der Waals surface area contributed by atoms with Crippen LogP contribution in [0.5, 0.6) is 0 Å². The maximum Gasteiger partial charge on any atom is 0.409 e. The molecule has 0 unspecified atom stereocenters. The summed E-state index contributed by atoms with van der Waals surface area (Å²) in [6.45, 7) is 6.58. The second-order valence-corrected chi connectivity index (χ2v) is 5.86. The van der Waals surface area contributed by atoms with Crippen LogP contribution >= 0.6 is 0 Å². The van der Waals surface area contributed by atoms with Gasteiger partial charge < -0.3 is 24.4 Å². The lowest BCUT2D eigenvalue weighted by Gasteiger charge is -2.35. The van der Waals surface area contributed by atoms with E-state index in [2.05, 4.69) is 30.0 Å². The molecule has 24 heavy (non-hydrogen) atoms. The zero-order valence-corrected chi connectivity index (χ0v) is 14.4. The van der Waals surface area contributed by atoms with E-state index in [-0.39, 0.29) is 6.09 Å². The van der Waals surface area contributed by atoms with Crippen LogP contribution in [0.1, 0.15) is 25.0 Å². The second-order valence-electron chi connectivity index (χ2n) is 5.86. The fourth-order valence-electron chi connectivity index (χ4n) is 3.15. The molecule has 3 rings (SSSR count). The maximum atomic E-state index is 11.8. The Balaban J connectivity index is 1.51. The van der Waals surface area contributed by atoms with Gasteiger partial charge in [-0.2, -0.15) is 0 Å². The minimum absolute atomic E-state index is 0.237. The number of fused-ring (bicyclic) bond motifs is 1. The van der Waals surface area contributed by atoms with E-state index in [1.165, 1.54) is 0 Å². The molecule has 0 spiro atoms. The monoisotopic (exact) mass is 335 g/mol. The van der Waals surface area contributed by atoms with Gasteiger partial charge in [0.25, 0.3) is 0 Å². The number of aromatic nitrogens is 3. The number of carbonyl (C=O) groups excluding carboxylic acids is 1.